The highest BCUT2D eigenvalue weighted by molar-refractivity contribution is 6.40. The maximum absolute atomic E-state index is 12.9. The molecular weight excluding hydrogens is 433 g/mol. The lowest BCUT2D eigenvalue weighted by atomic mass is 10.1. The van der Waals surface area contributed by atoms with Crippen molar-refractivity contribution in [2.45, 2.75) is 6.42 Å². The number of H-pyrrole nitrogens is 1. The summed E-state index contributed by atoms with van der Waals surface area (Å²) in [5, 5.41) is 4.36. The lowest BCUT2D eigenvalue weighted by molar-refractivity contribution is 0.0988. The molecule has 2 amide bonds. The van der Waals surface area contributed by atoms with Gasteiger partial charge in [0, 0.05) is 39.4 Å². The molecule has 1 aromatic heterocycles. The molecule has 31 heavy (non-hydrogen) atoms. The van der Waals surface area contributed by atoms with Crippen LogP contribution in [0.1, 0.15) is 26.4 Å². The molecule has 0 radical (unpaired) electrons. The van der Waals surface area contributed by atoms with Gasteiger partial charge in [-0.1, -0.05) is 41.4 Å². The standard InChI is InChI=1S/C24H17Cl2N3O2/c25-16-7-10-19-18(13-16)21(26)22(28-19)23(30)27-17-8-5-15(6-9-17)24(31)29-12-11-14-3-1-2-4-20(14)29/h1-10,13,28H,11-12H2,(H,27,30). The molecule has 7 heteroatoms. The molecule has 2 N–H and O–H groups in total. The number of benzene rings is 3. The van der Waals surface area contributed by atoms with Crippen LogP contribution in [0.15, 0.2) is 66.7 Å². The van der Waals surface area contributed by atoms with E-state index < -0.39 is 0 Å². The molecular formula is C24H17Cl2N3O2. The molecule has 0 bridgehead atoms. The summed E-state index contributed by atoms with van der Waals surface area (Å²) in [5.74, 6) is -0.428. The van der Waals surface area contributed by atoms with Gasteiger partial charge in [-0.25, -0.2) is 0 Å². The Balaban J connectivity index is 1.33. The molecule has 0 unspecified atom stereocenters. The maximum Gasteiger partial charge on any atom is 0.273 e. The minimum absolute atomic E-state index is 0.0571. The second-order valence-corrected chi connectivity index (χ2v) is 8.19. The van der Waals surface area contributed by atoms with Crippen LogP contribution in [0.4, 0.5) is 11.4 Å². The Labute approximate surface area is 188 Å². The number of anilines is 2. The maximum atomic E-state index is 12.9. The van der Waals surface area contributed by atoms with E-state index in [1.807, 2.05) is 24.3 Å². The number of amides is 2. The summed E-state index contributed by atoms with van der Waals surface area (Å²) >= 11 is 12.4. The van der Waals surface area contributed by atoms with Crippen molar-refractivity contribution >= 4 is 57.3 Å². The van der Waals surface area contributed by atoms with Crippen molar-refractivity contribution < 1.29 is 9.59 Å². The quantitative estimate of drug-likeness (QED) is 0.406. The number of carbonyl (C=O) groups is 2. The summed E-state index contributed by atoms with van der Waals surface area (Å²) in [6.45, 7) is 0.666. The fourth-order valence-electron chi connectivity index (χ4n) is 3.88. The minimum atomic E-state index is -0.370. The minimum Gasteiger partial charge on any atom is -0.349 e. The highest BCUT2D eigenvalue weighted by Gasteiger charge is 2.25. The Hall–Kier alpha value is -3.28. The van der Waals surface area contributed by atoms with Crippen molar-refractivity contribution in [3.8, 4) is 0 Å². The molecule has 0 fully saturated rings. The summed E-state index contributed by atoms with van der Waals surface area (Å²) < 4.78 is 0. The van der Waals surface area contributed by atoms with Gasteiger partial charge >= 0.3 is 0 Å². The highest BCUT2D eigenvalue weighted by Crippen LogP contribution is 2.31. The van der Waals surface area contributed by atoms with Gasteiger partial charge in [-0.3, -0.25) is 9.59 Å². The fourth-order valence-corrected chi connectivity index (χ4v) is 4.34. The molecule has 4 aromatic rings. The van der Waals surface area contributed by atoms with E-state index in [1.54, 1.807) is 47.4 Å². The Bertz CT molecular complexity index is 1330. The number of aromatic nitrogens is 1. The molecule has 5 nitrogen and oxygen atoms in total. The van der Waals surface area contributed by atoms with Crippen LogP contribution >= 0.6 is 23.2 Å². The second-order valence-electron chi connectivity index (χ2n) is 7.37. The highest BCUT2D eigenvalue weighted by atomic mass is 35.5. The number of nitrogens with zero attached hydrogens (tertiary/aromatic N) is 1. The van der Waals surface area contributed by atoms with Gasteiger partial charge in [0.25, 0.3) is 11.8 Å². The molecule has 0 spiro atoms. The third-order valence-corrected chi connectivity index (χ3v) is 6.07. The van der Waals surface area contributed by atoms with E-state index in [-0.39, 0.29) is 17.5 Å². The molecule has 0 saturated carbocycles. The van der Waals surface area contributed by atoms with Gasteiger partial charge in [0.05, 0.1) is 5.02 Å². The van der Waals surface area contributed by atoms with Crippen LogP contribution in [0, 0.1) is 0 Å². The van der Waals surface area contributed by atoms with Crippen LogP contribution < -0.4 is 10.2 Å². The van der Waals surface area contributed by atoms with Gasteiger partial charge in [0.2, 0.25) is 0 Å². The lowest BCUT2D eigenvalue weighted by Gasteiger charge is -2.17. The molecule has 1 aliphatic heterocycles. The summed E-state index contributed by atoms with van der Waals surface area (Å²) in [6, 6.07) is 20.0. The van der Waals surface area contributed by atoms with Crippen LogP contribution in [0.25, 0.3) is 10.9 Å². The molecule has 1 aliphatic rings. The Kier molecular flexibility index (Phi) is 4.93. The molecule has 5 rings (SSSR count). The zero-order valence-electron chi connectivity index (χ0n) is 16.3. The summed E-state index contributed by atoms with van der Waals surface area (Å²) in [6.07, 6.45) is 0.854. The molecule has 0 aliphatic carbocycles. The van der Waals surface area contributed by atoms with Crippen molar-refractivity contribution in [1.82, 2.24) is 4.98 Å². The number of halogens is 2. The third-order valence-electron chi connectivity index (χ3n) is 5.45. The normalized spacial score (nSPS) is 12.8. The van der Waals surface area contributed by atoms with Gasteiger partial charge in [-0.05, 0) is 60.5 Å². The van der Waals surface area contributed by atoms with E-state index in [9.17, 15) is 9.59 Å². The smallest absolute Gasteiger partial charge is 0.273 e. The molecule has 2 heterocycles. The van der Waals surface area contributed by atoms with Crippen molar-refractivity contribution in [3.05, 3.63) is 93.6 Å². The van der Waals surface area contributed by atoms with E-state index in [2.05, 4.69) is 10.3 Å². The largest absolute Gasteiger partial charge is 0.349 e. The molecule has 154 valence electrons. The predicted molar refractivity (Wildman–Crippen MR) is 125 cm³/mol. The zero-order valence-corrected chi connectivity index (χ0v) is 17.8. The van der Waals surface area contributed by atoms with Crippen molar-refractivity contribution in [2.24, 2.45) is 0 Å². The molecule has 0 atom stereocenters. The average Bonchev–Trinajstić information content (AvgIpc) is 3.35. The topological polar surface area (TPSA) is 65.2 Å². The number of rotatable bonds is 3. The monoisotopic (exact) mass is 449 g/mol. The number of carbonyl (C=O) groups excluding carboxylic acids is 2. The SMILES string of the molecule is O=C(Nc1ccc(C(=O)N2CCc3ccccc32)cc1)c1[nH]c2ccc(Cl)cc2c1Cl. The van der Waals surface area contributed by atoms with Crippen molar-refractivity contribution in [3.63, 3.8) is 0 Å². The number of hydrogen-bond donors (Lipinski definition) is 2. The fraction of sp³-hybridized carbons (Fsp3) is 0.0833. The third kappa shape index (κ3) is 3.56. The Morgan fingerprint density at radius 2 is 1.74 bits per heavy atom. The van der Waals surface area contributed by atoms with E-state index in [0.29, 0.717) is 33.2 Å². The van der Waals surface area contributed by atoms with Crippen LogP contribution in [0.5, 0.6) is 0 Å². The Morgan fingerprint density at radius 1 is 0.968 bits per heavy atom. The first-order chi connectivity index (χ1) is 15.0. The van der Waals surface area contributed by atoms with Gasteiger partial charge in [0.1, 0.15) is 5.69 Å². The van der Waals surface area contributed by atoms with Crippen molar-refractivity contribution in [1.29, 1.82) is 0 Å². The van der Waals surface area contributed by atoms with E-state index in [1.165, 1.54) is 5.56 Å². The summed E-state index contributed by atoms with van der Waals surface area (Å²) in [5.41, 5.74) is 4.25. The molecule has 0 saturated heterocycles. The molecule has 3 aromatic carbocycles. The van der Waals surface area contributed by atoms with E-state index in [0.717, 1.165) is 17.6 Å². The second kappa shape index (κ2) is 7.76. The van der Waals surface area contributed by atoms with Gasteiger partial charge in [-0.2, -0.15) is 0 Å². The number of hydrogen-bond acceptors (Lipinski definition) is 2. The first-order valence-corrected chi connectivity index (χ1v) is 10.5. The van der Waals surface area contributed by atoms with Gasteiger partial charge in [0.15, 0.2) is 0 Å². The van der Waals surface area contributed by atoms with Gasteiger partial charge in [-0.15, -0.1) is 0 Å². The predicted octanol–water partition coefficient (Wildman–Crippen LogP) is 5.93. The zero-order chi connectivity index (χ0) is 21.5. The van der Waals surface area contributed by atoms with Crippen LogP contribution in [-0.4, -0.2) is 23.3 Å². The van der Waals surface area contributed by atoms with Crippen molar-refractivity contribution in [2.75, 3.05) is 16.8 Å². The summed E-state index contributed by atoms with van der Waals surface area (Å²) in [7, 11) is 0. The number of nitrogens with one attached hydrogen (secondary N) is 2. The summed E-state index contributed by atoms with van der Waals surface area (Å²) in [4.78, 5) is 30.5. The average molecular weight is 450 g/mol. The number of aromatic amines is 1. The first kappa shape index (κ1) is 19.7. The van der Waals surface area contributed by atoms with Crippen LogP contribution in [0.3, 0.4) is 0 Å². The van der Waals surface area contributed by atoms with Gasteiger partial charge < -0.3 is 15.2 Å². The number of fused-ring (bicyclic) bond motifs is 2. The van der Waals surface area contributed by atoms with Crippen LogP contribution in [0.2, 0.25) is 10.0 Å². The number of para-hydroxylation sites is 1. The first-order valence-electron chi connectivity index (χ1n) is 9.79. The van der Waals surface area contributed by atoms with Crippen LogP contribution in [-0.2, 0) is 6.42 Å². The van der Waals surface area contributed by atoms with E-state index in [4.69, 9.17) is 23.2 Å². The van der Waals surface area contributed by atoms with E-state index >= 15 is 0 Å². The Morgan fingerprint density at radius 3 is 2.55 bits per heavy atom. The lowest BCUT2D eigenvalue weighted by Crippen LogP contribution is -2.28.